The summed E-state index contributed by atoms with van der Waals surface area (Å²) < 4.78 is 0. The molecule has 0 aliphatic heterocycles. The Bertz CT molecular complexity index is 917. The number of para-hydroxylation sites is 1. The first-order valence-electron chi connectivity index (χ1n) is 7.12. The summed E-state index contributed by atoms with van der Waals surface area (Å²) in [6.07, 6.45) is 6.26. The summed E-state index contributed by atoms with van der Waals surface area (Å²) in [7, 11) is 0. The van der Waals surface area contributed by atoms with E-state index in [4.69, 9.17) is 11.6 Å². The first-order chi connectivity index (χ1) is 10.3. The van der Waals surface area contributed by atoms with Crippen molar-refractivity contribution >= 4 is 33.4 Å². The van der Waals surface area contributed by atoms with Crippen LogP contribution in [0.3, 0.4) is 0 Å². The molecule has 0 saturated heterocycles. The standard InChI is InChI=1S/C18H15ClN2/c19-14-7-8-16-13(11-21-18(16)9-14)6-5-12-10-20-17-4-2-1-3-15(12)17/h1-4,7-11,20-21H,5-6H2. The van der Waals surface area contributed by atoms with Crippen molar-refractivity contribution in [1.29, 1.82) is 0 Å². The van der Waals surface area contributed by atoms with Gasteiger partial charge in [-0.2, -0.15) is 0 Å². The van der Waals surface area contributed by atoms with Crippen molar-refractivity contribution in [2.75, 3.05) is 0 Å². The number of fused-ring (bicyclic) bond motifs is 2. The quantitative estimate of drug-likeness (QED) is 0.527. The van der Waals surface area contributed by atoms with Crippen LogP contribution >= 0.6 is 11.6 Å². The van der Waals surface area contributed by atoms with E-state index in [0.29, 0.717) is 0 Å². The average molecular weight is 295 g/mol. The van der Waals surface area contributed by atoms with E-state index >= 15 is 0 Å². The molecule has 4 aromatic rings. The van der Waals surface area contributed by atoms with Crippen molar-refractivity contribution < 1.29 is 0 Å². The van der Waals surface area contributed by atoms with Crippen LogP contribution in [-0.4, -0.2) is 9.97 Å². The lowest BCUT2D eigenvalue weighted by Gasteiger charge is -2.00. The molecule has 0 aliphatic carbocycles. The van der Waals surface area contributed by atoms with Crippen molar-refractivity contribution in [3.63, 3.8) is 0 Å². The number of hydrogen-bond donors (Lipinski definition) is 2. The molecule has 21 heavy (non-hydrogen) atoms. The van der Waals surface area contributed by atoms with Gasteiger partial charge in [0.15, 0.2) is 0 Å². The van der Waals surface area contributed by atoms with Gasteiger partial charge in [0, 0.05) is 39.2 Å². The van der Waals surface area contributed by atoms with Crippen LogP contribution in [-0.2, 0) is 12.8 Å². The van der Waals surface area contributed by atoms with E-state index in [0.717, 1.165) is 23.4 Å². The van der Waals surface area contributed by atoms with Crippen LogP contribution in [0.25, 0.3) is 21.8 Å². The lowest BCUT2D eigenvalue weighted by molar-refractivity contribution is 0.976. The molecule has 0 bridgehead atoms. The average Bonchev–Trinajstić information content (AvgIpc) is 3.08. The number of halogens is 1. The predicted octanol–water partition coefficient (Wildman–Crippen LogP) is 5.09. The van der Waals surface area contributed by atoms with E-state index in [2.05, 4.69) is 52.7 Å². The van der Waals surface area contributed by atoms with Crippen molar-refractivity contribution in [2.24, 2.45) is 0 Å². The minimum atomic E-state index is 0.771. The van der Waals surface area contributed by atoms with Gasteiger partial charge in [0.1, 0.15) is 0 Å². The molecular weight excluding hydrogens is 280 g/mol. The van der Waals surface area contributed by atoms with Crippen LogP contribution in [0.1, 0.15) is 11.1 Å². The molecule has 0 fully saturated rings. The highest BCUT2D eigenvalue weighted by molar-refractivity contribution is 6.31. The SMILES string of the molecule is Clc1ccc2c(CCc3c[nH]c4ccccc34)c[nH]c2c1. The fourth-order valence-corrected chi connectivity index (χ4v) is 3.15. The highest BCUT2D eigenvalue weighted by Crippen LogP contribution is 2.24. The molecule has 2 aromatic heterocycles. The number of benzene rings is 2. The van der Waals surface area contributed by atoms with Crippen molar-refractivity contribution in [3.05, 3.63) is 71.0 Å². The Hall–Kier alpha value is -2.19. The molecular formula is C18H15ClN2. The van der Waals surface area contributed by atoms with Gasteiger partial charge in [-0.25, -0.2) is 0 Å². The van der Waals surface area contributed by atoms with Crippen molar-refractivity contribution in [3.8, 4) is 0 Å². The van der Waals surface area contributed by atoms with Crippen LogP contribution in [0.4, 0.5) is 0 Å². The van der Waals surface area contributed by atoms with E-state index < -0.39 is 0 Å². The van der Waals surface area contributed by atoms with Crippen LogP contribution in [0, 0.1) is 0 Å². The van der Waals surface area contributed by atoms with E-state index in [-0.39, 0.29) is 0 Å². The monoisotopic (exact) mass is 294 g/mol. The lowest BCUT2D eigenvalue weighted by atomic mass is 10.0. The fraction of sp³-hybridized carbons (Fsp3) is 0.111. The largest absolute Gasteiger partial charge is 0.361 e. The van der Waals surface area contributed by atoms with Gasteiger partial charge in [-0.05, 0) is 42.2 Å². The Balaban J connectivity index is 1.63. The Morgan fingerprint density at radius 3 is 2.24 bits per heavy atom. The second-order valence-corrected chi connectivity index (χ2v) is 5.80. The molecule has 2 heterocycles. The minimum Gasteiger partial charge on any atom is -0.361 e. The van der Waals surface area contributed by atoms with Gasteiger partial charge < -0.3 is 9.97 Å². The maximum Gasteiger partial charge on any atom is 0.0471 e. The van der Waals surface area contributed by atoms with Gasteiger partial charge >= 0.3 is 0 Å². The number of aryl methyl sites for hydroxylation is 2. The molecule has 0 radical (unpaired) electrons. The van der Waals surface area contributed by atoms with E-state index in [1.165, 1.54) is 27.4 Å². The lowest BCUT2D eigenvalue weighted by Crippen LogP contribution is -1.89. The summed E-state index contributed by atoms with van der Waals surface area (Å²) in [5, 5.41) is 3.35. The van der Waals surface area contributed by atoms with Gasteiger partial charge in [-0.15, -0.1) is 0 Å². The third-order valence-electron chi connectivity index (χ3n) is 4.07. The van der Waals surface area contributed by atoms with Gasteiger partial charge in [0.2, 0.25) is 0 Å². The third-order valence-corrected chi connectivity index (χ3v) is 4.30. The van der Waals surface area contributed by atoms with Crippen LogP contribution in [0.2, 0.25) is 5.02 Å². The summed E-state index contributed by atoms with van der Waals surface area (Å²) in [6.45, 7) is 0. The molecule has 0 saturated carbocycles. The zero-order valence-corrected chi connectivity index (χ0v) is 12.2. The van der Waals surface area contributed by atoms with Crippen LogP contribution in [0.5, 0.6) is 0 Å². The fourth-order valence-electron chi connectivity index (χ4n) is 2.97. The molecule has 0 atom stereocenters. The van der Waals surface area contributed by atoms with Crippen LogP contribution < -0.4 is 0 Å². The summed E-state index contributed by atoms with van der Waals surface area (Å²) >= 11 is 6.03. The number of rotatable bonds is 3. The molecule has 2 aromatic carbocycles. The van der Waals surface area contributed by atoms with E-state index in [1.54, 1.807) is 0 Å². The zero-order chi connectivity index (χ0) is 14.2. The van der Waals surface area contributed by atoms with Gasteiger partial charge in [-0.1, -0.05) is 35.9 Å². The number of H-pyrrole nitrogens is 2. The first-order valence-corrected chi connectivity index (χ1v) is 7.49. The molecule has 0 unspecified atom stereocenters. The zero-order valence-electron chi connectivity index (χ0n) is 11.5. The number of aromatic nitrogens is 2. The van der Waals surface area contributed by atoms with Crippen molar-refractivity contribution in [2.45, 2.75) is 12.8 Å². The molecule has 4 rings (SSSR count). The highest BCUT2D eigenvalue weighted by Gasteiger charge is 2.07. The molecule has 0 amide bonds. The highest BCUT2D eigenvalue weighted by atomic mass is 35.5. The summed E-state index contributed by atoms with van der Waals surface area (Å²) in [5.74, 6) is 0. The Morgan fingerprint density at radius 1 is 0.762 bits per heavy atom. The number of hydrogen-bond acceptors (Lipinski definition) is 0. The van der Waals surface area contributed by atoms with Gasteiger partial charge in [-0.3, -0.25) is 0 Å². The maximum absolute atomic E-state index is 6.03. The molecule has 2 N–H and O–H groups in total. The summed E-state index contributed by atoms with van der Waals surface area (Å²) in [4.78, 5) is 6.64. The molecule has 0 spiro atoms. The minimum absolute atomic E-state index is 0.771. The Labute approximate surface area is 127 Å². The molecule has 104 valence electrons. The topological polar surface area (TPSA) is 31.6 Å². The van der Waals surface area contributed by atoms with Crippen LogP contribution in [0.15, 0.2) is 54.9 Å². The second kappa shape index (κ2) is 4.97. The van der Waals surface area contributed by atoms with E-state index in [9.17, 15) is 0 Å². The number of aromatic amines is 2. The Kier molecular flexibility index (Phi) is 2.97. The van der Waals surface area contributed by atoms with Gasteiger partial charge in [0.25, 0.3) is 0 Å². The molecule has 2 nitrogen and oxygen atoms in total. The van der Waals surface area contributed by atoms with E-state index in [1.807, 2.05) is 12.1 Å². The maximum atomic E-state index is 6.03. The smallest absolute Gasteiger partial charge is 0.0471 e. The normalized spacial score (nSPS) is 11.5. The first kappa shape index (κ1) is 12.5. The summed E-state index contributed by atoms with van der Waals surface area (Å²) in [6, 6.07) is 14.5. The van der Waals surface area contributed by atoms with Gasteiger partial charge in [0.05, 0.1) is 0 Å². The van der Waals surface area contributed by atoms with Crippen molar-refractivity contribution in [1.82, 2.24) is 9.97 Å². The second-order valence-electron chi connectivity index (χ2n) is 5.36. The molecule has 0 aliphatic rings. The predicted molar refractivity (Wildman–Crippen MR) is 89.0 cm³/mol. The number of nitrogens with one attached hydrogen (secondary N) is 2. The summed E-state index contributed by atoms with van der Waals surface area (Å²) in [5.41, 5.74) is 5.02. The third kappa shape index (κ3) is 2.22. The molecule has 3 heteroatoms. The Morgan fingerprint density at radius 2 is 1.43 bits per heavy atom.